The highest BCUT2D eigenvalue weighted by atomic mass is 35.5. The third kappa shape index (κ3) is 4.70. The average Bonchev–Trinajstić information content (AvgIpc) is 3.09. The van der Waals surface area contributed by atoms with Crippen LogP contribution >= 0.6 is 23.7 Å². The van der Waals surface area contributed by atoms with E-state index in [2.05, 4.69) is 17.1 Å². The number of thiophene rings is 1. The molecule has 0 atom stereocenters. The Kier molecular flexibility index (Phi) is 7.92. The van der Waals surface area contributed by atoms with Crippen molar-refractivity contribution >= 4 is 39.9 Å². The molecule has 0 bridgehead atoms. The summed E-state index contributed by atoms with van der Waals surface area (Å²) >= 11 is 1.39. The number of carbonyl (C=O) groups is 1. The second kappa shape index (κ2) is 9.76. The number of nitrogens with one attached hydrogen (secondary N) is 1. The summed E-state index contributed by atoms with van der Waals surface area (Å²) in [6.07, 6.45) is 3.30. The molecule has 2 aromatic rings. The maximum absolute atomic E-state index is 12.8. The Morgan fingerprint density at radius 1 is 1.36 bits per heavy atom. The van der Waals surface area contributed by atoms with Crippen LogP contribution in [-0.2, 0) is 0 Å². The molecule has 156 valence electrons. The number of halogens is 1. The van der Waals surface area contributed by atoms with Gasteiger partial charge in [-0.3, -0.25) is 14.2 Å². The number of nitrogens with zero attached hydrogens (tertiary/aromatic N) is 2. The Hall–Kier alpha value is -1.57. The third-order valence-electron chi connectivity index (χ3n) is 5.34. The minimum absolute atomic E-state index is 0. The number of hydrogen-bond donors (Lipinski definition) is 2. The highest BCUT2D eigenvalue weighted by Crippen LogP contribution is 2.31. The van der Waals surface area contributed by atoms with Crippen molar-refractivity contribution in [3.05, 3.63) is 27.4 Å². The maximum atomic E-state index is 12.8. The van der Waals surface area contributed by atoms with Crippen molar-refractivity contribution in [2.75, 3.05) is 26.2 Å². The van der Waals surface area contributed by atoms with Gasteiger partial charge in [0.1, 0.15) is 16.1 Å². The summed E-state index contributed by atoms with van der Waals surface area (Å²) in [6, 6.07) is 1.66. The van der Waals surface area contributed by atoms with E-state index in [0.29, 0.717) is 16.8 Å². The molecule has 0 aromatic carbocycles. The Balaban J connectivity index is 0.00000280. The van der Waals surface area contributed by atoms with E-state index in [1.54, 1.807) is 10.6 Å². The smallest absolute Gasteiger partial charge is 0.268 e. The van der Waals surface area contributed by atoms with Crippen LogP contribution in [0, 0.1) is 5.92 Å². The molecule has 0 spiro atoms. The van der Waals surface area contributed by atoms with Crippen molar-refractivity contribution in [1.82, 2.24) is 14.8 Å². The van der Waals surface area contributed by atoms with Gasteiger partial charge in [0.05, 0.1) is 5.39 Å². The number of amides is 1. The van der Waals surface area contributed by atoms with E-state index in [9.17, 15) is 14.7 Å². The zero-order chi connectivity index (χ0) is 19.6. The van der Waals surface area contributed by atoms with Gasteiger partial charge in [-0.2, -0.15) is 0 Å². The van der Waals surface area contributed by atoms with Gasteiger partial charge in [0.15, 0.2) is 0 Å². The first-order chi connectivity index (χ1) is 12.9. The molecular weight excluding hydrogens is 398 g/mol. The molecule has 1 amide bonds. The van der Waals surface area contributed by atoms with Crippen LogP contribution in [0.15, 0.2) is 16.2 Å². The number of aromatic hydroxyl groups is 1. The predicted octanol–water partition coefficient (Wildman–Crippen LogP) is 3.62. The number of carbonyl (C=O) groups excluding carboxylic acids is 1. The molecule has 1 saturated heterocycles. The van der Waals surface area contributed by atoms with E-state index in [1.807, 2.05) is 19.2 Å². The van der Waals surface area contributed by atoms with Crippen molar-refractivity contribution in [2.24, 2.45) is 5.92 Å². The van der Waals surface area contributed by atoms with E-state index in [0.717, 1.165) is 32.0 Å². The molecular formula is C20H30ClN3O3S. The van der Waals surface area contributed by atoms with Crippen LogP contribution in [-0.4, -0.2) is 46.7 Å². The molecule has 2 aromatic heterocycles. The summed E-state index contributed by atoms with van der Waals surface area (Å²) in [5.74, 6) is 0.0991. The molecule has 0 radical (unpaired) electrons. The number of rotatable bonds is 6. The minimum Gasteiger partial charge on any atom is -0.506 e. The van der Waals surface area contributed by atoms with Crippen LogP contribution in [0.25, 0.3) is 10.2 Å². The van der Waals surface area contributed by atoms with Gasteiger partial charge in [-0.1, -0.05) is 6.92 Å². The molecule has 0 aliphatic carbocycles. The normalized spacial score (nSPS) is 15.7. The highest BCUT2D eigenvalue weighted by Gasteiger charge is 2.23. The van der Waals surface area contributed by atoms with Crippen LogP contribution in [0.1, 0.15) is 56.4 Å². The first-order valence-corrected chi connectivity index (χ1v) is 10.6. The third-order valence-corrected chi connectivity index (χ3v) is 6.26. The highest BCUT2D eigenvalue weighted by molar-refractivity contribution is 7.16. The summed E-state index contributed by atoms with van der Waals surface area (Å²) in [4.78, 5) is 28.6. The summed E-state index contributed by atoms with van der Waals surface area (Å²) in [5.41, 5.74) is -0.582. The molecule has 8 heteroatoms. The summed E-state index contributed by atoms with van der Waals surface area (Å²) in [6.45, 7) is 9.76. The molecule has 28 heavy (non-hydrogen) atoms. The Labute approximate surface area is 176 Å². The molecule has 1 aliphatic heterocycles. The molecule has 2 N–H and O–H groups in total. The van der Waals surface area contributed by atoms with Gasteiger partial charge < -0.3 is 15.3 Å². The largest absolute Gasteiger partial charge is 0.506 e. The van der Waals surface area contributed by atoms with E-state index < -0.39 is 11.5 Å². The molecule has 0 saturated carbocycles. The van der Waals surface area contributed by atoms with Gasteiger partial charge >= 0.3 is 0 Å². The van der Waals surface area contributed by atoms with E-state index >= 15 is 0 Å². The summed E-state index contributed by atoms with van der Waals surface area (Å²) in [5, 5.41) is 15.7. The second-order valence-electron chi connectivity index (χ2n) is 7.77. The summed E-state index contributed by atoms with van der Waals surface area (Å²) in [7, 11) is 0. The van der Waals surface area contributed by atoms with Crippen molar-refractivity contribution in [3.63, 3.8) is 0 Å². The van der Waals surface area contributed by atoms with Crippen molar-refractivity contribution in [1.29, 1.82) is 0 Å². The van der Waals surface area contributed by atoms with Crippen molar-refractivity contribution in [3.8, 4) is 5.75 Å². The first-order valence-electron chi connectivity index (χ1n) is 9.75. The zero-order valence-corrected chi connectivity index (χ0v) is 18.4. The van der Waals surface area contributed by atoms with Gasteiger partial charge in [0.25, 0.3) is 11.5 Å². The molecule has 6 nitrogen and oxygen atoms in total. The number of likely N-dealkylation sites (tertiary alicyclic amines) is 1. The Morgan fingerprint density at radius 3 is 2.68 bits per heavy atom. The van der Waals surface area contributed by atoms with Crippen LogP contribution in [0.3, 0.4) is 0 Å². The number of hydrogen-bond acceptors (Lipinski definition) is 5. The fourth-order valence-electron chi connectivity index (χ4n) is 3.67. The Morgan fingerprint density at radius 2 is 2.04 bits per heavy atom. The number of aromatic nitrogens is 1. The van der Waals surface area contributed by atoms with Gasteiger partial charge in [0.2, 0.25) is 0 Å². The Bertz CT molecular complexity index is 869. The second-order valence-corrected chi connectivity index (χ2v) is 8.66. The fourth-order valence-corrected chi connectivity index (χ4v) is 4.70. The maximum Gasteiger partial charge on any atom is 0.268 e. The van der Waals surface area contributed by atoms with Crippen molar-refractivity contribution in [2.45, 2.75) is 46.1 Å². The van der Waals surface area contributed by atoms with Gasteiger partial charge in [-0.05, 0) is 70.1 Å². The lowest BCUT2D eigenvalue weighted by molar-refractivity contribution is 0.0946. The van der Waals surface area contributed by atoms with Gasteiger partial charge in [0, 0.05) is 12.6 Å². The first kappa shape index (κ1) is 22.7. The van der Waals surface area contributed by atoms with Crippen LogP contribution in [0.2, 0.25) is 0 Å². The topological polar surface area (TPSA) is 74.6 Å². The van der Waals surface area contributed by atoms with Crippen LogP contribution < -0.4 is 10.9 Å². The van der Waals surface area contributed by atoms with E-state index in [4.69, 9.17) is 0 Å². The molecule has 1 aliphatic rings. The lowest BCUT2D eigenvalue weighted by atomic mass is 9.99. The average molecular weight is 428 g/mol. The molecule has 1 fully saturated rings. The number of piperidine rings is 1. The number of pyridine rings is 1. The van der Waals surface area contributed by atoms with Crippen molar-refractivity contribution < 1.29 is 9.90 Å². The molecule has 3 rings (SSSR count). The predicted molar refractivity (Wildman–Crippen MR) is 117 cm³/mol. The molecule has 3 heterocycles. The standard InChI is InChI=1S/C20H29N3O3S.ClH/c1-13(2)23-19(26)16(17(24)15-7-12-27-20(15)23)18(25)21-8-4-9-22-10-5-14(3)6-11-22;/h7,12-14,24H,4-6,8-11H2,1-3H3,(H,21,25);1H. The van der Waals surface area contributed by atoms with E-state index in [1.165, 1.54) is 24.2 Å². The number of fused-ring (bicyclic) bond motifs is 1. The quantitative estimate of drug-likeness (QED) is 0.690. The lowest BCUT2D eigenvalue weighted by Crippen LogP contribution is -2.37. The SMILES string of the molecule is CC1CCN(CCCNC(=O)c2c(O)c3ccsc3n(C(C)C)c2=O)CC1.Cl. The summed E-state index contributed by atoms with van der Waals surface area (Å²) < 4.78 is 1.59. The lowest BCUT2D eigenvalue weighted by Gasteiger charge is -2.30. The molecule has 0 unspecified atom stereocenters. The minimum atomic E-state index is -0.493. The zero-order valence-electron chi connectivity index (χ0n) is 16.7. The monoisotopic (exact) mass is 427 g/mol. The van der Waals surface area contributed by atoms with Gasteiger partial charge in [-0.25, -0.2) is 0 Å². The van der Waals surface area contributed by atoms with Crippen LogP contribution in [0.4, 0.5) is 0 Å². The van der Waals surface area contributed by atoms with Gasteiger partial charge in [-0.15, -0.1) is 23.7 Å². The van der Waals surface area contributed by atoms with E-state index in [-0.39, 0.29) is 29.8 Å². The van der Waals surface area contributed by atoms with Crippen LogP contribution in [0.5, 0.6) is 5.75 Å². The fraction of sp³-hybridized carbons (Fsp3) is 0.600.